The number of ether oxygens (including phenoxy) is 2. The second-order valence-electron chi connectivity index (χ2n) is 11.1. The van der Waals surface area contributed by atoms with Gasteiger partial charge in [-0.15, -0.1) is 0 Å². The second kappa shape index (κ2) is 15.1. The van der Waals surface area contributed by atoms with Crippen LogP contribution in [0.2, 0.25) is 0 Å². The van der Waals surface area contributed by atoms with E-state index in [0.29, 0.717) is 30.2 Å². The van der Waals surface area contributed by atoms with E-state index < -0.39 is 10.1 Å². The van der Waals surface area contributed by atoms with E-state index in [1.807, 2.05) is 54.3 Å². The molecule has 2 saturated heterocycles. The second-order valence-corrected chi connectivity index (χ2v) is 12.5. The maximum atomic E-state index is 12.4. The van der Waals surface area contributed by atoms with Crippen molar-refractivity contribution in [3.8, 4) is 0 Å². The topological polar surface area (TPSA) is 122 Å². The third kappa shape index (κ3) is 9.64. The number of amides is 1. The molecule has 5 rings (SSSR count). The van der Waals surface area contributed by atoms with E-state index in [1.165, 1.54) is 19.2 Å². The molecule has 3 aromatic rings. The van der Waals surface area contributed by atoms with Gasteiger partial charge >= 0.3 is 12.1 Å². The molecule has 9 nitrogen and oxygen atoms in total. The highest BCUT2D eigenvalue weighted by Crippen LogP contribution is 2.29. The van der Waals surface area contributed by atoms with Crippen molar-refractivity contribution in [3.63, 3.8) is 0 Å². The summed E-state index contributed by atoms with van der Waals surface area (Å²) in [5.41, 5.74) is 3.72. The molecule has 0 radical (unpaired) electrons. The van der Waals surface area contributed by atoms with Crippen LogP contribution >= 0.6 is 0 Å². The van der Waals surface area contributed by atoms with Crippen LogP contribution < -0.4 is 5.32 Å². The van der Waals surface area contributed by atoms with Crippen LogP contribution in [0.1, 0.15) is 52.7 Å². The molecule has 2 unspecified atom stereocenters. The van der Waals surface area contributed by atoms with E-state index in [4.69, 9.17) is 14.0 Å². The van der Waals surface area contributed by atoms with Crippen molar-refractivity contribution >= 4 is 22.2 Å². The maximum Gasteiger partial charge on any atom is 0.410 e. The molecule has 3 aromatic carbocycles. The highest BCUT2D eigenvalue weighted by atomic mass is 32.2. The molecule has 2 N–H and O–H groups in total. The third-order valence-corrected chi connectivity index (χ3v) is 8.86. The Morgan fingerprint density at radius 3 is 2.23 bits per heavy atom. The van der Waals surface area contributed by atoms with Crippen LogP contribution in [-0.4, -0.2) is 62.2 Å². The predicted molar refractivity (Wildman–Crippen MR) is 163 cm³/mol. The van der Waals surface area contributed by atoms with Crippen molar-refractivity contribution in [1.29, 1.82) is 0 Å². The maximum absolute atomic E-state index is 12.4. The fourth-order valence-electron chi connectivity index (χ4n) is 5.62. The van der Waals surface area contributed by atoms with Gasteiger partial charge in [-0.05, 0) is 80.3 Å². The normalized spacial score (nSPS) is 18.8. The van der Waals surface area contributed by atoms with Gasteiger partial charge in [0.1, 0.15) is 6.61 Å². The minimum atomic E-state index is -4.02. The minimum Gasteiger partial charge on any atom is -0.465 e. The Bertz CT molecular complexity index is 1450. The smallest absolute Gasteiger partial charge is 0.410 e. The highest BCUT2D eigenvalue weighted by Gasteiger charge is 2.33. The van der Waals surface area contributed by atoms with Crippen molar-refractivity contribution in [3.05, 3.63) is 101 Å². The number of carbonyl (C=O) groups is 2. The standard InChI is InChI=1S/C26H32N2O4.C7H8O3S/c1-31-25(29)22-9-5-8-20(16-22)17-23-10-11-24(27-23)21-12-14-28(15-13-21)26(30)32-18-19-6-3-2-4-7-19;1-6-2-4-7(5-3-6)11(8,9)10/h2-9,16,21,23-24,27H,10-15,17-18H2,1H3;2-5H,1H3,(H,8,9,10). The number of benzene rings is 3. The Morgan fingerprint density at radius 2 is 1.58 bits per heavy atom. The predicted octanol–water partition coefficient (Wildman–Crippen LogP) is 5.43. The number of rotatable bonds is 7. The van der Waals surface area contributed by atoms with Crippen molar-refractivity contribution in [1.82, 2.24) is 10.2 Å². The molecule has 2 aliphatic heterocycles. The Labute approximate surface area is 254 Å². The Hall–Kier alpha value is -3.73. The first-order valence-electron chi connectivity index (χ1n) is 14.6. The quantitative estimate of drug-likeness (QED) is 0.269. The molecule has 0 aromatic heterocycles. The summed E-state index contributed by atoms with van der Waals surface area (Å²) in [5.74, 6) is 0.290. The average Bonchev–Trinajstić information content (AvgIpc) is 3.48. The summed E-state index contributed by atoms with van der Waals surface area (Å²) in [6.07, 6.45) is 4.99. The lowest BCUT2D eigenvalue weighted by Gasteiger charge is -2.34. The van der Waals surface area contributed by atoms with Gasteiger partial charge in [0.25, 0.3) is 10.1 Å². The van der Waals surface area contributed by atoms with Gasteiger partial charge in [-0.3, -0.25) is 4.55 Å². The number of esters is 1. The lowest BCUT2D eigenvalue weighted by atomic mass is 9.89. The Kier molecular flexibility index (Phi) is 11.3. The Morgan fingerprint density at radius 1 is 0.907 bits per heavy atom. The number of hydrogen-bond acceptors (Lipinski definition) is 7. The number of aryl methyl sites for hydroxylation is 1. The van der Waals surface area contributed by atoms with Gasteiger partial charge in [0.2, 0.25) is 0 Å². The van der Waals surface area contributed by atoms with Crippen LogP contribution in [0.4, 0.5) is 4.79 Å². The van der Waals surface area contributed by atoms with Crippen LogP contribution in [0.25, 0.3) is 0 Å². The summed E-state index contributed by atoms with van der Waals surface area (Å²) < 4.78 is 39.9. The van der Waals surface area contributed by atoms with E-state index in [0.717, 1.165) is 61.9 Å². The number of carbonyl (C=O) groups excluding carboxylic acids is 2. The molecular weight excluding hydrogens is 568 g/mol. The minimum absolute atomic E-state index is 0.0666. The van der Waals surface area contributed by atoms with Crippen LogP contribution in [-0.2, 0) is 32.6 Å². The number of hydrogen-bond donors (Lipinski definition) is 2. The molecule has 2 aliphatic rings. The molecular formula is C33H40N2O7S. The zero-order valence-electron chi connectivity index (χ0n) is 24.6. The molecule has 0 saturated carbocycles. The van der Waals surface area contributed by atoms with E-state index in [-0.39, 0.29) is 17.0 Å². The molecule has 43 heavy (non-hydrogen) atoms. The van der Waals surface area contributed by atoms with Gasteiger partial charge in [0, 0.05) is 25.2 Å². The lowest BCUT2D eigenvalue weighted by Crippen LogP contribution is -2.44. The first-order valence-corrected chi connectivity index (χ1v) is 16.0. The van der Waals surface area contributed by atoms with Gasteiger partial charge in [-0.25, -0.2) is 9.59 Å². The summed E-state index contributed by atoms with van der Waals surface area (Å²) in [7, 11) is -2.61. The number of nitrogens with zero attached hydrogens (tertiary/aromatic N) is 1. The van der Waals surface area contributed by atoms with Crippen LogP contribution in [0.5, 0.6) is 0 Å². The zero-order valence-corrected chi connectivity index (χ0v) is 25.5. The molecule has 0 spiro atoms. The molecule has 2 fully saturated rings. The monoisotopic (exact) mass is 608 g/mol. The van der Waals surface area contributed by atoms with Crippen molar-refractivity contribution in [2.24, 2.45) is 5.92 Å². The van der Waals surface area contributed by atoms with Gasteiger partial charge in [0.15, 0.2) is 0 Å². The molecule has 230 valence electrons. The fraction of sp³-hybridized carbons (Fsp3) is 0.394. The lowest BCUT2D eigenvalue weighted by molar-refractivity contribution is 0.0600. The number of likely N-dealkylation sites (tertiary alicyclic amines) is 1. The van der Waals surface area contributed by atoms with E-state index in [1.54, 1.807) is 18.2 Å². The third-order valence-electron chi connectivity index (χ3n) is 8.00. The van der Waals surface area contributed by atoms with Crippen LogP contribution in [0.15, 0.2) is 83.8 Å². The summed E-state index contributed by atoms with van der Waals surface area (Å²) in [6.45, 7) is 3.67. The largest absolute Gasteiger partial charge is 0.465 e. The molecule has 10 heteroatoms. The highest BCUT2D eigenvalue weighted by molar-refractivity contribution is 7.85. The molecule has 2 atom stereocenters. The van der Waals surface area contributed by atoms with Gasteiger partial charge in [-0.1, -0.05) is 60.2 Å². The number of piperidine rings is 1. The molecule has 0 bridgehead atoms. The molecule has 1 amide bonds. The summed E-state index contributed by atoms with van der Waals surface area (Å²) in [4.78, 5) is 26.0. The van der Waals surface area contributed by atoms with Crippen molar-refractivity contribution in [2.45, 2.75) is 62.6 Å². The molecule has 0 aliphatic carbocycles. The van der Waals surface area contributed by atoms with Gasteiger partial charge < -0.3 is 19.7 Å². The summed E-state index contributed by atoms with van der Waals surface area (Å²) >= 11 is 0. The van der Waals surface area contributed by atoms with E-state index >= 15 is 0 Å². The fourth-order valence-corrected chi connectivity index (χ4v) is 6.10. The Balaban J connectivity index is 0.000000324. The number of nitrogens with one attached hydrogen (secondary N) is 1. The zero-order chi connectivity index (χ0) is 30.8. The van der Waals surface area contributed by atoms with E-state index in [9.17, 15) is 18.0 Å². The van der Waals surface area contributed by atoms with Crippen molar-refractivity contribution < 1.29 is 32.0 Å². The van der Waals surface area contributed by atoms with Gasteiger partial charge in [-0.2, -0.15) is 8.42 Å². The SMILES string of the molecule is COC(=O)c1cccc(CC2CCC(C3CCN(C(=O)OCc4ccccc4)CC3)N2)c1.Cc1ccc(S(=O)(=O)O)cc1. The van der Waals surface area contributed by atoms with Crippen LogP contribution in [0, 0.1) is 12.8 Å². The van der Waals surface area contributed by atoms with Gasteiger partial charge in [0.05, 0.1) is 17.6 Å². The summed E-state index contributed by atoms with van der Waals surface area (Å²) in [6, 6.07) is 24.4. The van der Waals surface area contributed by atoms with E-state index in [2.05, 4.69) is 11.4 Å². The average molecular weight is 609 g/mol. The summed E-state index contributed by atoms with van der Waals surface area (Å²) in [5, 5.41) is 3.81. The first-order chi connectivity index (χ1) is 20.6. The van der Waals surface area contributed by atoms with Crippen molar-refractivity contribution in [2.75, 3.05) is 20.2 Å². The molecule has 2 heterocycles. The number of methoxy groups -OCH3 is 1. The van der Waals surface area contributed by atoms with Crippen LogP contribution in [0.3, 0.4) is 0 Å². The first kappa shape index (κ1) is 32.2.